The van der Waals surface area contributed by atoms with Crippen LogP contribution in [0.25, 0.3) is 0 Å². The highest BCUT2D eigenvalue weighted by Crippen LogP contribution is 1.98. The second-order valence-corrected chi connectivity index (χ2v) is 2.22. The fourth-order valence-corrected chi connectivity index (χ4v) is 0.846. The second-order valence-electron chi connectivity index (χ2n) is 2.22. The molecule has 0 aromatic rings. The minimum Gasteiger partial charge on any atom is -0.378 e. The number of nitrogens with one attached hydrogen (secondary N) is 1. The average Bonchev–Trinajstić information content (AvgIpc) is 1.88. The van der Waals surface area contributed by atoms with Gasteiger partial charge in [-0.25, -0.2) is 0 Å². The molecule has 1 heterocycles. The molecule has 0 aromatic heterocycles. The van der Waals surface area contributed by atoms with Gasteiger partial charge < -0.3 is 11.2 Å². The lowest BCUT2D eigenvalue weighted by atomic mass is 10.2. The van der Waals surface area contributed by atoms with Gasteiger partial charge in [0.2, 0.25) is 0 Å². The van der Waals surface area contributed by atoms with E-state index in [4.69, 9.17) is 5.84 Å². The number of nitrogens with two attached hydrogens (primary N) is 1. The first-order valence-corrected chi connectivity index (χ1v) is 3.21. The lowest BCUT2D eigenvalue weighted by molar-refractivity contribution is 0.743. The Kier molecular flexibility index (Phi) is 2.10. The molecule has 1 rings (SSSR count). The van der Waals surface area contributed by atoms with E-state index in [2.05, 4.69) is 23.4 Å². The zero-order chi connectivity index (χ0) is 7.40. The van der Waals surface area contributed by atoms with E-state index in [0.717, 1.165) is 5.70 Å². The quantitative estimate of drug-likeness (QED) is 0.311. The van der Waals surface area contributed by atoms with E-state index >= 15 is 0 Å². The van der Waals surface area contributed by atoms with E-state index in [9.17, 15) is 0 Å². The molecular weight excluding hydrogens is 126 g/mol. The van der Waals surface area contributed by atoms with Crippen molar-refractivity contribution in [1.82, 2.24) is 5.32 Å². The highest BCUT2D eigenvalue weighted by Gasteiger charge is 2.00. The average molecular weight is 137 g/mol. The van der Waals surface area contributed by atoms with Gasteiger partial charge in [0.15, 0.2) is 0 Å². The molecule has 0 bridgehead atoms. The molecule has 3 heteroatoms. The molecule has 0 spiro atoms. The molecule has 0 radical (unpaired) electrons. The number of nitrogens with zero attached hydrogens (tertiary/aromatic N) is 1. The predicted octanol–water partition coefficient (Wildman–Crippen LogP) is 0.363. The number of dihydropyridines is 1. The van der Waals surface area contributed by atoms with E-state index in [0.29, 0.717) is 6.04 Å². The summed E-state index contributed by atoms with van der Waals surface area (Å²) in [5.74, 6) is 4.97. The molecule has 54 valence electrons. The molecule has 10 heavy (non-hydrogen) atoms. The maximum Gasteiger partial charge on any atom is 0.0697 e. The first kappa shape index (κ1) is 6.86. The molecule has 1 aliphatic heterocycles. The third kappa shape index (κ3) is 1.62. The van der Waals surface area contributed by atoms with E-state index < -0.39 is 0 Å². The molecule has 1 atom stereocenters. The van der Waals surface area contributed by atoms with Crippen molar-refractivity contribution >= 4 is 6.21 Å². The molecule has 0 fully saturated rings. The van der Waals surface area contributed by atoms with Gasteiger partial charge in [-0.3, -0.25) is 0 Å². The number of hydrazone groups is 1. The Morgan fingerprint density at radius 1 is 1.80 bits per heavy atom. The Bertz CT molecular complexity index is 191. The van der Waals surface area contributed by atoms with Crippen LogP contribution in [0.3, 0.4) is 0 Å². The summed E-state index contributed by atoms with van der Waals surface area (Å²) >= 11 is 0. The van der Waals surface area contributed by atoms with Crippen LogP contribution in [-0.2, 0) is 0 Å². The van der Waals surface area contributed by atoms with Gasteiger partial charge in [0.1, 0.15) is 0 Å². The van der Waals surface area contributed by atoms with Gasteiger partial charge in [0.25, 0.3) is 0 Å². The maximum atomic E-state index is 4.97. The van der Waals surface area contributed by atoms with Crippen molar-refractivity contribution < 1.29 is 0 Å². The molecule has 3 N–H and O–H groups in total. The summed E-state index contributed by atoms with van der Waals surface area (Å²) in [5, 5.41) is 6.57. The van der Waals surface area contributed by atoms with Crippen molar-refractivity contribution in [2.75, 3.05) is 0 Å². The molecule has 0 amide bonds. The van der Waals surface area contributed by atoms with Crippen molar-refractivity contribution in [2.24, 2.45) is 10.9 Å². The molecule has 1 unspecified atom stereocenters. The van der Waals surface area contributed by atoms with Crippen LogP contribution in [0.5, 0.6) is 0 Å². The second kappa shape index (κ2) is 3.06. The van der Waals surface area contributed by atoms with E-state index in [1.165, 1.54) is 0 Å². The maximum absolute atomic E-state index is 4.97. The summed E-state index contributed by atoms with van der Waals surface area (Å²) in [7, 11) is 0. The zero-order valence-corrected chi connectivity index (χ0v) is 5.91. The fraction of sp³-hybridized carbons (Fsp3) is 0.286. The molecule has 1 aliphatic rings. The third-order valence-corrected chi connectivity index (χ3v) is 1.28. The van der Waals surface area contributed by atoms with Crippen LogP contribution in [-0.4, -0.2) is 12.3 Å². The highest BCUT2D eigenvalue weighted by atomic mass is 15.1. The first-order chi connectivity index (χ1) is 4.83. The van der Waals surface area contributed by atoms with Crippen LogP contribution in [0.4, 0.5) is 0 Å². The van der Waals surface area contributed by atoms with Crippen molar-refractivity contribution in [3.05, 3.63) is 23.9 Å². The number of rotatable bonds is 1. The summed E-state index contributed by atoms with van der Waals surface area (Å²) in [6, 6.07) is 0.373. The Balaban J connectivity index is 2.61. The zero-order valence-electron chi connectivity index (χ0n) is 5.91. The SMILES string of the molecule is CC1C=CC=C(/C=N/N)N1. The smallest absolute Gasteiger partial charge is 0.0697 e. The van der Waals surface area contributed by atoms with Crippen LogP contribution in [0.2, 0.25) is 0 Å². The van der Waals surface area contributed by atoms with Crippen LogP contribution >= 0.6 is 0 Å². The summed E-state index contributed by atoms with van der Waals surface area (Å²) < 4.78 is 0. The van der Waals surface area contributed by atoms with Crippen LogP contribution in [0, 0.1) is 0 Å². The Labute approximate surface area is 60.3 Å². The highest BCUT2D eigenvalue weighted by molar-refractivity contribution is 5.78. The minimum absolute atomic E-state index is 0.373. The van der Waals surface area contributed by atoms with E-state index in [1.807, 2.05) is 12.2 Å². The van der Waals surface area contributed by atoms with Crippen molar-refractivity contribution in [3.63, 3.8) is 0 Å². The summed E-state index contributed by atoms with van der Waals surface area (Å²) in [4.78, 5) is 0. The Morgan fingerprint density at radius 2 is 2.60 bits per heavy atom. The molecular formula is C7H11N3. The van der Waals surface area contributed by atoms with Gasteiger partial charge in [-0.1, -0.05) is 12.2 Å². The normalized spacial score (nSPS) is 24.5. The largest absolute Gasteiger partial charge is 0.378 e. The van der Waals surface area contributed by atoms with Gasteiger partial charge in [-0.15, -0.1) is 0 Å². The van der Waals surface area contributed by atoms with E-state index in [1.54, 1.807) is 6.21 Å². The summed E-state index contributed by atoms with van der Waals surface area (Å²) in [5.41, 5.74) is 0.956. The topological polar surface area (TPSA) is 50.4 Å². The van der Waals surface area contributed by atoms with Crippen LogP contribution in [0.15, 0.2) is 29.0 Å². The monoisotopic (exact) mass is 137 g/mol. The van der Waals surface area contributed by atoms with Gasteiger partial charge in [0, 0.05) is 6.04 Å². The van der Waals surface area contributed by atoms with Crippen molar-refractivity contribution in [2.45, 2.75) is 13.0 Å². The molecule has 3 nitrogen and oxygen atoms in total. The van der Waals surface area contributed by atoms with Crippen molar-refractivity contribution in [1.29, 1.82) is 0 Å². The van der Waals surface area contributed by atoms with Crippen LogP contribution < -0.4 is 11.2 Å². The van der Waals surface area contributed by atoms with Crippen molar-refractivity contribution in [3.8, 4) is 0 Å². The number of allylic oxidation sites excluding steroid dienone is 3. The third-order valence-electron chi connectivity index (χ3n) is 1.28. The lowest BCUT2D eigenvalue weighted by Crippen LogP contribution is -2.26. The standard InChI is InChI=1S/C7H11N3/c1-6-3-2-4-7(10-6)5-9-8/h2-6,10H,8H2,1H3/b9-5+. The van der Waals surface area contributed by atoms with Gasteiger partial charge in [0.05, 0.1) is 11.9 Å². The fourth-order valence-electron chi connectivity index (χ4n) is 0.846. The van der Waals surface area contributed by atoms with Gasteiger partial charge in [-0.2, -0.15) is 5.10 Å². The predicted molar refractivity (Wildman–Crippen MR) is 42.5 cm³/mol. The summed E-state index contributed by atoms with van der Waals surface area (Å²) in [6.45, 7) is 2.06. The Morgan fingerprint density at radius 3 is 3.20 bits per heavy atom. The summed E-state index contributed by atoms with van der Waals surface area (Å²) in [6.07, 6.45) is 7.57. The van der Waals surface area contributed by atoms with Crippen LogP contribution in [0.1, 0.15) is 6.92 Å². The molecule has 0 saturated carbocycles. The number of hydrogen-bond donors (Lipinski definition) is 2. The number of hydrogen-bond acceptors (Lipinski definition) is 3. The minimum atomic E-state index is 0.373. The van der Waals surface area contributed by atoms with E-state index in [-0.39, 0.29) is 0 Å². The molecule has 0 aromatic carbocycles. The van der Waals surface area contributed by atoms with Gasteiger partial charge in [-0.05, 0) is 13.0 Å². The molecule has 0 aliphatic carbocycles. The van der Waals surface area contributed by atoms with Gasteiger partial charge >= 0.3 is 0 Å². The Hall–Kier alpha value is -1.25. The lowest BCUT2D eigenvalue weighted by Gasteiger charge is -2.13. The molecule has 0 saturated heterocycles. The first-order valence-electron chi connectivity index (χ1n) is 3.21.